The summed E-state index contributed by atoms with van der Waals surface area (Å²) in [5.74, 6) is 0.784. The number of thioether (sulfide) groups is 1. The third-order valence-corrected chi connectivity index (χ3v) is 4.88. The van der Waals surface area contributed by atoms with Gasteiger partial charge in [-0.2, -0.15) is 0 Å². The second-order valence-corrected chi connectivity index (χ2v) is 6.67. The van der Waals surface area contributed by atoms with Gasteiger partial charge in [-0.3, -0.25) is 9.69 Å². The molecule has 2 aromatic rings. The van der Waals surface area contributed by atoms with Gasteiger partial charge < -0.3 is 4.74 Å². The number of carbonyl (C=O) groups is 1. The smallest absolute Gasteiger partial charge is 0.266 e. The number of likely N-dealkylation sites (N-methyl/N-ethyl adjacent to an activating group) is 1. The van der Waals surface area contributed by atoms with Gasteiger partial charge >= 0.3 is 0 Å². The molecular formula is C20H20N2O2S. The first-order valence-electron chi connectivity index (χ1n) is 8.11. The number of rotatable bonds is 4. The van der Waals surface area contributed by atoms with Gasteiger partial charge in [-0.05, 0) is 61.5 Å². The van der Waals surface area contributed by atoms with E-state index in [0.29, 0.717) is 16.6 Å². The van der Waals surface area contributed by atoms with Crippen molar-refractivity contribution in [2.75, 3.05) is 13.7 Å². The molecule has 0 bridgehead atoms. The van der Waals surface area contributed by atoms with Crippen LogP contribution in [0.2, 0.25) is 0 Å². The van der Waals surface area contributed by atoms with E-state index in [1.165, 1.54) is 17.3 Å². The number of nitrogens with zero attached hydrogens (tertiary/aromatic N) is 2. The van der Waals surface area contributed by atoms with E-state index in [-0.39, 0.29) is 5.91 Å². The molecule has 0 radical (unpaired) electrons. The highest BCUT2D eigenvalue weighted by Gasteiger charge is 2.32. The van der Waals surface area contributed by atoms with Crippen LogP contribution >= 0.6 is 11.8 Å². The standard InChI is InChI=1S/C20H20N2O2S/c1-4-22-19(23)18(13-15-7-5-14(2)6-8-15)25-20(22)21-16-9-11-17(24-3)12-10-16/h5-13H,4H2,1-3H3/b18-13-,21-20-. The summed E-state index contributed by atoms with van der Waals surface area (Å²) in [6.07, 6.45) is 1.92. The second kappa shape index (κ2) is 7.57. The maximum atomic E-state index is 12.6. The molecule has 1 heterocycles. The first-order chi connectivity index (χ1) is 12.1. The van der Waals surface area contributed by atoms with Crippen LogP contribution in [0.15, 0.2) is 58.4 Å². The van der Waals surface area contributed by atoms with E-state index in [0.717, 1.165) is 17.0 Å². The summed E-state index contributed by atoms with van der Waals surface area (Å²) >= 11 is 1.41. The minimum atomic E-state index is 0.000312. The number of ether oxygens (including phenoxy) is 1. The van der Waals surface area contributed by atoms with E-state index in [4.69, 9.17) is 4.74 Å². The highest BCUT2D eigenvalue weighted by Crippen LogP contribution is 2.34. The van der Waals surface area contributed by atoms with E-state index in [9.17, 15) is 4.79 Å². The first-order valence-corrected chi connectivity index (χ1v) is 8.93. The minimum Gasteiger partial charge on any atom is -0.497 e. The summed E-state index contributed by atoms with van der Waals surface area (Å²) in [6, 6.07) is 15.6. The average Bonchev–Trinajstić information content (AvgIpc) is 2.92. The molecule has 128 valence electrons. The molecule has 25 heavy (non-hydrogen) atoms. The first kappa shape index (κ1) is 17.3. The van der Waals surface area contributed by atoms with Gasteiger partial charge in [0.25, 0.3) is 5.91 Å². The fourth-order valence-corrected chi connectivity index (χ4v) is 3.51. The average molecular weight is 352 g/mol. The number of hydrogen-bond donors (Lipinski definition) is 0. The number of aryl methyl sites for hydroxylation is 1. The molecule has 0 aromatic heterocycles. The van der Waals surface area contributed by atoms with Gasteiger partial charge in [-0.25, -0.2) is 4.99 Å². The molecule has 3 rings (SSSR count). The molecule has 0 spiro atoms. The Morgan fingerprint density at radius 2 is 1.80 bits per heavy atom. The zero-order valence-electron chi connectivity index (χ0n) is 14.5. The van der Waals surface area contributed by atoms with E-state index in [1.807, 2.05) is 68.5 Å². The summed E-state index contributed by atoms with van der Waals surface area (Å²) in [5, 5.41) is 0.705. The number of amides is 1. The summed E-state index contributed by atoms with van der Waals surface area (Å²) in [7, 11) is 1.63. The van der Waals surface area contributed by atoms with Crippen LogP contribution < -0.4 is 4.74 Å². The van der Waals surface area contributed by atoms with Crippen LogP contribution in [0.5, 0.6) is 5.75 Å². The zero-order chi connectivity index (χ0) is 17.8. The molecule has 1 aliphatic rings. The summed E-state index contributed by atoms with van der Waals surface area (Å²) in [4.78, 5) is 19.7. The summed E-state index contributed by atoms with van der Waals surface area (Å²) in [5.41, 5.74) is 3.01. The number of benzene rings is 2. The molecule has 0 N–H and O–H groups in total. The monoisotopic (exact) mass is 352 g/mol. The van der Waals surface area contributed by atoms with Crippen molar-refractivity contribution in [3.63, 3.8) is 0 Å². The summed E-state index contributed by atoms with van der Waals surface area (Å²) < 4.78 is 5.16. The molecule has 5 heteroatoms. The second-order valence-electron chi connectivity index (χ2n) is 5.66. The van der Waals surface area contributed by atoms with Crippen molar-refractivity contribution < 1.29 is 9.53 Å². The van der Waals surface area contributed by atoms with Gasteiger partial charge in [-0.15, -0.1) is 0 Å². The fraction of sp³-hybridized carbons (Fsp3) is 0.200. The van der Waals surface area contributed by atoms with Crippen LogP contribution in [0.25, 0.3) is 6.08 Å². The molecule has 0 atom stereocenters. The Morgan fingerprint density at radius 1 is 1.12 bits per heavy atom. The van der Waals surface area contributed by atoms with Crippen molar-refractivity contribution >= 4 is 34.6 Å². The van der Waals surface area contributed by atoms with E-state index in [2.05, 4.69) is 4.99 Å². The molecule has 4 nitrogen and oxygen atoms in total. The Balaban J connectivity index is 1.88. The van der Waals surface area contributed by atoms with Crippen molar-refractivity contribution in [3.05, 3.63) is 64.6 Å². The lowest BCUT2D eigenvalue weighted by Crippen LogP contribution is -2.28. The van der Waals surface area contributed by atoms with Crippen molar-refractivity contribution in [3.8, 4) is 5.75 Å². The lowest BCUT2D eigenvalue weighted by molar-refractivity contribution is -0.122. The lowest BCUT2D eigenvalue weighted by Gasteiger charge is -2.12. The van der Waals surface area contributed by atoms with E-state index in [1.54, 1.807) is 12.0 Å². The Labute approximate surface area is 152 Å². The molecule has 1 amide bonds. The van der Waals surface area contributed by atoms with E-state index >= 15 is 0 Å². The van der Waals surface area contributed by atoms with Gasteiger partial charge in [0.1, 0.15) is 5.75 Å². The maximum Gasteiger partial charge on any atom is 0.266 e. The van der Waals surface area contributed by atoms with Crippen LogP contribution in [0.1, 0.15) is 18.1 Å². The molecule has 1 aliphatic heterocycles. The van der Waals surface area contributed by atoms with Crippen molar-refractivity contribution in [2.45, 2.75) is 13.8 Å². The molecular weight excluding hydrogens is 332 g/mol. The van der Waals surface area contributed by atoms with Gasteiger partial charge in [0.05, 0.1) is 17.7 Å². The van der Waals surface area contributed by atoms with Gasteiger partial charge in [0, 0.05) is 6.54 Å². The number of hydrogen-bond acceptors (Lipinski definition) is 4. The normalized spacial score (nSPS) is 17.6. The van der Waals surface area contributed by atoms with Crippen LogP contribution in [-0.4, -0.2) is 29.6 Å². The third-order valence-electron chi connectivity index (χ3n) is 3.88. The van der Waals surface area contributed by atoms with Crippen LogP contribution in [0.3, 0.4) is 0 Å². The van der Waals surface area contributed by atoms with Crippen LogP contribution in [0, 0.1) is 6.92 Å². The predicted octanol–water partition coefficient (Wildman–Crippen LogP) is 4.63. The Morgan fingerprint density at radius 3 is 2.40 bits per heavy atom. The maximum absolute atomic E-state index is 12.6. The van der Waals surface area contributed by atoms with Crippen molar-refractivity contribution in [2.24, 2.45) is 4.99 Å². The van der Waals surface area contributed by atoms with Gasteiger partial charge in [0.15, 0.2) is 5.17 Å². The number of carbonyl (C=O) groups excluding carboxylic acids is 1. The lowest BCUT2D eigenvalue weighted by atomic mass is 10.1. The quantitative estimate of drug-likeness (QED) is 0.754. The predicted molar refractivity (Wildman–Crippen MR) is 104 cm³/mol. The molecule has 0 saturated carbocycles. The van der Waals surface area contributed by atoms with Crippen molar-refractivity contribution in [1.29, 1.82) is 0 Å². The Hall–Kier alpha value is -2.53. The molecule has 1 saturated heterocycles. The number of amidine groups is 1. The number of methoxy groups -OCH3 is 1. The van der Waals surface area contributed by atoms with Crippen molar-refractivity contribution in [1.82, 2.24) is 4.90 Å². The highest BCUT2D eigenvalue weighted by atomic mass is 32.2. The van der Waals surface area contributed by atoms with E-state index < -0.39 is 0 Å². The zero-order valence-corrected chi connectivity index (χ0v) is 15.3. The molecule has 2 aromatic carbocycles. The largest absolute Gasteiger partial charge is 0.497 e. The molecule has 1 fully saturated rings. The summed E-state index contributed by atoms with van der Waals surface area (Å²) in [6.45, 7) is 4.59. The number of aliphatic imine (C=N–C) groups is 1. The van der Waals surface area contributed by atoms with Gasteiger partial charge in [0.2, 0.25) is 0 Å². The molecule has 0 unspecified atom stereocenters. The Kier molecular flexibility index (Phi) is 5.24. The highest BCUT2D eigenvalue weighted by molar-refractivity contribution is 8.18. The topological polar surface area (TPSA) is 41.9 Å². The molecule has 0 aliphatic carbocycles. The van der Waals surface area contributed by atoms with Crippen LogP contribution in [-0.2, 0) is 4.79 Å². The third kappa shape index (κ3) is 3.94. The Bertz CT molecular complexity index is 824. The fourth-order valence-electron chi connectivity index (χ4n) is 2.45. The van der Waals surface area contributed by atoms with Crippen LogP contribution in [0.4, 0.5) is 5.69 Å². The SMILES string of the molecule is CCN1C(=O)/C(=C/c2ccc(C)cc2)S/C1=N\c1ccc(OC)cc1. The minimum absolute atomic E-state index is 0.000312. The van der Waals surface area contributed by atoms with Gasteiger partial charge in [-0.1, -0.05) is 29.8 Å².